The van der Waals surface area contributed by atoms with Crippen LogP contribution in [0.4, 0.5) is 25.0 Å². The molecule has 6 nitrogen and oxygen atoms in total. The lowest BCUT2D eigenvalue weighted by atomic mass is 10.2. The number of carbonyl (C=O) groups is 2. The molecule has 0 saturated carbocycles. The van der Waals surface area contributed by atoms with Gasteiger partial charge in [0, 0.05) is 25.3 Å². The first-order valence-electron chi connectivity index (χ1n) is 8.84. The van der Waals surface area contributed by atoms with E-state index >= 15 is 0 Å². The standard InChI is InChI=1S/C20H24F2N4O2/c1-13(2)26(3)18-9-8-16(10-17(18)22)25-19(27)12-24-20(28)23-11-14-4-6-15(21)7-5-14/h4-10,13H,11-12H2,1-3H3,(H,25,27)(H2,23,24,28). The van der Waals surface area contributed by atoms with E-state index in [4.69, 9.17) is 0 Å². The van der Waals surface area contributed by atoms with E-state index in [2.05, 4.69) is 16.0 Å². The van der Waals surface area contributed by atoms with Crippen LogP contribution in [0.5, 0.6) is 0 Å². The Hall–Kier alpha value is -3.16. The van der Waals surface area contributed by atoms with Crippen molar-refractivity contribution >= 4 is 23.3 Å². The second-order valence-corrected chi connectivity index (χ2v) is 6.58. The van der Waals surface area contributed by atoms with Gasteiger partial charge >= 0.3 is 6.03 Å². The van der Waals surface area contributed by atoms with Crippen molar-refractivity contribution in [1.82, 2.24) is 10.6 Å². The molecule has 2 aromatic carbocycles. The largest absolute Gasteiger partial charge is 0.370 e. The minimum Gasteiger partial charge on any atom is -0.370 e. The van der Waals surface area contributed by atoms with Crippen molar-refractivity contribution in [2.45, 2.75) is 26.4 Å². The normalized spacial score (nSPS) is 10.5. The van der Waals surface area contributed by atoms with E-state index in [1.807, 2.05) is 13.8 Å². The number of nitrogens with one attached hydrogen (secondary N) is 3. The predicted octanol–water partition coefficient (Wildman–Crippen LogP) is 3.25. The zero-order valence-electron chi connectivity index (χ0n) is 16.1. The molecule has 0 radical (unpaired) electrons. The summed E-state index contributed by atoms with van der Waals surface area (Å²) < 4.78 is 27.0. The fourth-order valence-corrected chi connectivity index (χ4v) is 2.36. The number of nitrogens with zero attached hydrogens (tertiary/aromatic N) is 1. The second-order valence-electron chi connectivity index (χ2n) is 6.58. The maximum Gasteiger partial charge on any atom is 0.315 e. The van der Waals surface area contributed by atoms with Crippen LogP contribution in [0, 0.1) is 11.6 Å². The zero-order chi connectivity index (χ0) is 20.7. The summed E-state index contributed by atoms with van der Waals surface area (Å²) in [7, 11) is 1.79. The van der Waals surface area contributed by atoms with Crippen LogP contribution in [-0.2, 0) is 11.3 Å². The molecule has 0 fully saturated rings. The maximum atomic E-state index is 14.2. The summed E-state index contributed by atoms with van der Waals surface area (Å²) in [4.78, 5) is 25.5. The van der Waals surface area contributed by atoms with E-state index in [1.54, 1.807) is 36.2 Å². The third kappa shape index (κ3) is 6.22. The van der Waals surface area contributed by atoms with Crippen LogP contribution in [-0.4, -0.2) is 31.6 Å². The Labute approximate surface area is 162 Å². The van der Waals surface area contributed by atoms with Crippen molar-refractivity contribution in [3.8, 4) is 0 Å². The molecule has 28 heavy (non-hydrogen) atoms. The van der Waals surface area contributed by atoms with E-state index in [9.17, 15) is 18.4 Å². The van der Waals surface area contributed by atoms with Gasteiger partial charge in [0.2, 0.25) is 5.91 Å². The first-order valence-corrected chi connectivity index (χ1v) is 8.84. The first kappa shape index (κ1) is 21.1. The molecule has 0 heterocycles. The van der Waals surface area contributed by atoms with Crippen molar-refractivity contribution in [3.63, 3.8) is 0 Å². The van der Waals surface area contributed by atoms with Gasteiger partial charge in [-0.2, -0.15) is 0 Å². The maximum absolute atomic E-state index is 14.2. The van der Waals surface area contributed by atoms with E-state index in [-0.39, 0.29) is 24.9 Å². The Morgan fingerprint density at radius 3 is 2.32 bits per heavy atom. The number of halogens is 2. The summed E-state index contributed by atoms with van der Waals surface area (Å²) in [6.07, 6.45) is 0. The molecule has 0 saturated heterocycles. The summed E-state index contributed by atoms with van der Waals surface area (Å²) in [5.74, 6) is -1.29. The van der Waals surface area contributed by atoms with Crippen LogP contribution >= 0.6 is 0 Å². The van der Waals surface area contributed by atoms with Crippen LogP contribution in [0.15, 0.2) is 42.5 Å². The van der Waals surface area contributed by atoms with Gasteiger partial charge in [0.05, 0.1) is 12.2 Å². The van der Waals surface area contributed by atoms with E-state index in [0.29, 0.717) is 11.4 Å². The highest BCUT2D eigenvalue weighted by atomic mass is 19.1. The Bertz CT molecular complexity index is 825. The van der Waals surface area contributed by atoms with Gasteiger partial charge in [-0.3, -0.25) is 4.79 Å². The molecule has 0 aliphatic carbocycles. The summed E-state index contributed by atoms with van der Waals surface area (Å²) >= 11 is 0. The third-order valence-electron chi connectivity index (χ3n) is 4.16. The number of benzene rings is 2. The average molecular weight is 390 g/mol. The van der Waals surface area contributed by atoms with E-state index in [0.717, 1.165) is 5.56 Å². The molecule has 0 aromatic heterocycles. The Morgan fingerprint density at radius 1 is 1.04 bits per heavy atom. The number of carbonyl (C=O) groups excluding carboxylic acids is 2. The average Bonchev–Trinajstić information content (AvgIpc) is 2.65. The van der Waals surface area contributed by atoms with Gasteiger partial charge in [0.25, 0.3) is 0 Å². The Kier molecular flexibility index (Phi) is 7.31. The smallest absolute Gasteiger partial charge is 0.315 e. The minimum atomic E-state index is -0.542. The number of rotatable bonds is 7. The van der Waals surface area contributed by atoms with Gasteiger partial charge in [-0.05, 0) is 49.7 Å². The Balaban J connectivity index is 1.79. The van der Waals surface area contributed by atoms with E-state index in [1.165, 1.54) is 18.2 Å². The summed E-state index contributed by atoms with van der Waals surface area (Å²) in [6.45, 7) is 3.82. The number of hydrogen-bond donors (Lipinski definition) is 3. The number of amides is 3. The van der Waals surface area contributed by atoms with Crippen molar-refractivity contribution in [3.05, 3.63) is 59.7 Å². The highest BCUT2D eigenvalue weighted by molar-refractivity contribution is 5.94. The number of hydrogen-bond acceptors (Lipinski definition) is 3. The summed E-state index contributed by atoms with van der Waals surface area (Å²) in [6, 6.07) is 9.72. The number of anilines is 2. The molecular weight excluding hydrogens is 366 g/mol. The van der Waals surface area contributed by atoms with Crippen LogP contribution in [0.3, 0.4) is 0 Å². The fourth-order valence-electron chi connectivity index (χ4n) is 2.36. The van der Waals surface area contributed by atoms with Gasteiger partial charge < -0.3 is 20.9 Å². The highest BCUT2D eigenvalue weighted by Gasteiger charge is 2.12. The van der Waals surface area contributed by atoms with Crippen LogP contribution in [0.1, 0.15) is 19.4 Å². The fraction of sp³-hybridized carbons (Fsp3) is 0.300. The molecule has 0 spiro atoms. The SMILES string of the molecule is CC(C)N(C)c1ccc(NC(=O)CNC(=O)NCc2ccc(F)cc2)cc1F. The molecule has 3 amide bonds. The summed E-state index contributed by atoms with van der Waals surface area (Å²) in [5, 5.41) is 7.50. The first-order chi connectivity index (χ1) is 13.3. The molecular formula is C20H24F2N4O2. The molecule has 0 aliphatic heterocycles. The van der Waals surface area contributed by atoms with Crippen LogP contribution < -0.4 is 20.9 Å². The zero-order valence-corrected chi connectivity index (χ0v) is 16.1. The van der Waals surface area contributed by atoms with Crippen molar-refractivity contribution in [2.75, 3.05) is 23.8 Å². The predicted molar refractivity (Wildman–Crippen MR) is 105 cm³/mol. The third-order valence-corrected chi connectivity index (χ3v) is 4.16. The van der Waals surface area contributed by atoms with Crippen molar-refractivity contribution in [1.29, 1.82) is 0 Å². The molecule has 0 unspecified atom stereocenters. The topological polar surface area (TPSA) is 73.5 Å². The van der Waals surface area contributed by atoms with Crippen LogP contribution in [0.25, 0.3) is 0 Å². The molecule has 150 valence electrons. The lowest BCUT2D eigenvalue weighted by Gasteiger charge is -2.24. The lowest BCUT2D eigenvalue weighted by molar-refractivity contribution is -0.115. The monoisotopic (exact) mass is 390 g/mol. The van der Waals surface area contributed by atoms with Gasteiger partial charge in [-0.25, -0.2) is 13.6 Å². The molecule has 8 heteroatoms. The van der Waals surface area contributed by atoms with Crippen molar-refractivity contribution < 1.29 is 18.4 Å². The Morgan fingerprint density at radius 2 is 1.71 bits per heavy atom. The van der Waals surface area contributed by atoms with E-state index < -0.39 is 17.8 Å². The van der Waals surface area contributed by atoms with Gasteiger partial charge in [0.1, 0.15) is 11.6 Å². The molecule has 0 atom stereocenters. The summed E-state index contributed by atoms with van der Waals surface area (Å²) in [5.41, 5.74) is 1.46. The second kappa shape index (κ2) is 9.68. The van der Waals surface area contributed by atoms with Gasteiger partial charge in [-0.15, -0.1) is 0 Å². The molecule has 3 N–H and O–H groups in total. The molecule has 2 rings (SSSR count). The molecule has 0 bridgehead atoms. The number of urea groups is 1. The molecule has 0 aliphatic rings. The van der Waals surface area contributed by atoms with Crippen LogP contribution in [0.2, 0.25) is 0 Å². The lowest BCUT2D eigenvalue weighted by Crippen LogP contribution is -2.39. The van der Waals surface area contributed by atoms with Crippen molar-refractivity contribution in [2.24, 2.45) is 0 Å². The minimum absolute atomic E-state index is 0.132. The van der Waals surface area contributed by atoms with Gasteiger partial charge in [0.15, 0.2) is 0 Å². The highest BCUT2D eigenvalue weighted by Crippen LogP contribution is 2.23. The molecule has 2 aromatic rings. The van der Waals surface area contributed by atoms with Gasteiger partial charge in [-0.1, -0.05) is 12.1 Å². The quantitative estimate of drug-likeness (QED) is 0.680.